The zero-order valence-electron chi connectivity index (χ0n) is 8.03. The number of rotatable bonds is 0. The van der Waals surface area contributed by atoms with Gasteiger partial charge >= 0.3 is 5.71 Å². The van der Waals surface area contributed by atoms with E-state index in [1.54, 1.807) is 12.2 Å². The van der Waals surface area contributed by atoms with Gasteiger partial charge in [-0.15, -0.1) is 0 Å². The van der Waals surface area contributed by atoms with Crippen LogP contribution in [0, 0.1) is 5.41 Å². The van der Waals surface area contributed by atoms with Gasteiger partial charge in [-0.1, -0.05) is 26.8 Å². The molecule has 1 rings (SSSR count). The average Bonchev–Trinajstić information content (AvgIpc) is 2.03. The monoisotopic (exact) mass is 176 g/mol. The molecule has 0 unspecified atom stereocenters. The molecule has 0 bridgehead atoms. The summed E-state index contributed by atoms with van der Waals surface area (Å²) in [5, 5.41) is 0. The van der Waals surface area contributed by atoms with Gasteiger partial charge in [0.05, 0.1) is 0 Å². The second kappa shape index (κ2) is 3.11. The zero-order valence-corrected chi connectivity index (χ0v) is 8.03. The Bertz CT molecular complexity index is 350. The van der Waals surface area contributed by atoms with E-state index < -0.39 is 0 Å². The first kappa shape index (κ1) is 9.62. The van der Waals surface area contributed by atoms with Gasteiger partial charge in [-0.2, -0.15) is 4.79 Å². The number of nitrogens with zero attached hydrogens (tertiary/aromatic N) is 2. The summed E-state index contributed by atoms with van der Waals surface area (Å²) in [7, 11) is 0. The molecule has 13 heavy (non-hydrogen) atoms. The van der Waals surface area contributed by atoms with E-state index in [2.05, 4.69) is 4.79 Å². The normalized spacial score (nSPS) is 17.0. The standard InChI is InChI=1S/C10H12N2O/c1-10(2,3)7-4-5-9(13)8(6-7)12-11/h4-6H,1-3H3. The highest BCUT2D eigenvalue weighted by molar-refractivity contribution is 6.46. The molecule has 0 saturated carbocycles. The molecule has 1 aliphatic carbocycles. The lowest BCUT2D eigenvalue weighted by atomic mass is 9.83. The van der Waals surface area contributed by atoms with Gasteiger partial charge in [-0.05, 0) is 17.1 Å². The number of ketones is 1. The van der Waals surface area contributed by atoms with Crippen molar-refractivity contribution in [1.29, 1.82) is 0 Å². The van der Waals surface area contributed by atoms with Crippen LogP contribution in [0.3, 0.4) is 0 Å². The fraction of sp³-hybridized carbons (Fsp3) is 0.400. The van der Waals surface area contributed by atoms with Crippen LogP contribution in [0.1, 0.15) is 20.8 Å². The third kappa shape index (κ3) is 2.01. The molecule has 0 aromatic rings. The van der Waals surface area contributed by atoms with Gasteiger partial charge < -0.3 is 5.53 Å². The molecule has 0 amide bonds. The Hall–Kier alpha value is -1.47. The predicted octanol–water partition coefficient (Wildman–Crippen LogP) is 1.77. The Morgan fingerprint density at radius 3 is 2.38 bits per heavy atom. The van der Waals surface area contributed by atoms with Crippen molar-refractivity contribution in [1.82, 2.24) is 0 Å². The predicted molar refractivity (Wildman–Crippen MR) is 50.3 cm³/mol. The lowest BCUT2D eigenvalue weighted by Crippen LogP contribution is -2.18. The number of carbonyl (C=O) groups excluding carboxylic acids is 1. The molecular weight excluding hydrogens is 164 g/mol. The van der Waals surface area contributed by atoms with Crippen molar-refractivity contribution >= 4 is 11.5 Å². The Morgan fingerprint density at radius 2 is 1.92 bits per heavy atom. The molecule has 0 fully saturated rings. The first-order valence-corrected chi connectivity index (χ1v) is 4.12. The topological polar surface area (TPSA) is 53.5 Å². The largest absolute Gasteiger partial charge is 0.362 e. The highest BCUT2D eigenvalue weighted by atomic mass is 16.1. The van der Waals surface area contributed by atoms with Gasteiger partial charge in [0.15, 0.2) is 0 Å². The second-order valence-corrected chi connectivity index (χ2v) is 4.03. The fourth-order valence-electron chi connectivity index (χ4n) is 1.06. The van der Waals surface area contributed by atoms with Crippen LogP contribution in [0.4, 0.5) is 0 Å². The van der Waals surface area contributed by atoms with Gasteiger partial charge in [0.2, 0.25) is 0 Å². The van der Waals surface area contributed by atoms with Crippen LogP contribution in [0.5, 0.6) is 0 Å². The van der Waals surface area contributed by atoms with Crippen LogP contribution in [-0.4, -0.2) is 16.3 Å². The minimum Gasteiger partial charge on any atom is -0.361 e. The van der Waals surface area contributed by atoms with Crippen molar-refractivity contribution in [3.63, 3.8) is 0 Å². The van der Waals surface area contributed by atoms with Gasteiger partial charge in [0, 0.05) is 6.08 Å². The summed E-state index contributed by atoms with van der Waals surface area (Å²) in [4.78, 5) is 14.0. The molecule has 0 heterocycles. The van der Waals surface area contributed by atoms with Crippen LogP contribution >= 0.6 is 0 Å². The van der Waals surface area contributed by atoms with Gasteiger partial charge in [0.25, 0.3) is 5.78 Å². The van der Waals surface area contributed by atoms with Crippen molar-refractivity contribution < 1.29 is 9.58 Å². The summed E-state index contributed by atoms with van der Waals surface area (Å²) >= 11 is 0. The van der Waals surface area contributed by atoms with E-state index in [9.17, 15) is 4.79 Å². The summed E-state index contributed by atoms with van der Waals surface area (Å²) in [5.74, 6) is -0.254. The Labute approximate surface area is 77.4 Å². The fourth-order valence-corrected chi connectivity index (χ4v) is 1.06. The maximum atomic E-state index is 11.1. The van der Waals surface area contributed by atoms with Crippen LogP contribution in [0.25, 0.3) is 5.53 Å². The number of hydrogen-bond acceptors (Lipinski definition) is 1. The number of hydrogen-bond donors (Lipinski definition) is 0. The number of carbonyl (C=O) groups is 1. The zero-order chi connectivity index (χ0) is 10.1. The van der Waals surface area contributed by atoms with Gasteiger partial charge in [-0.25, -0.2) is 0 Å². The number of allylic oxidation sites excluding steroid dienone is 4. The van der Waals surface area contributed by atoms with E-state index in [1.807, 2.05) is 20.8 Å². The molecule has 68 valence electrons. The van der Waals surface area contributed by atoms with E-state index in [0.717, 1.165) is 5.57 Å². The first-order chi connectivity index (χ1) is 5.95. The lowest BCUT2D eigenvalue weighted by Gasteiger charge is -2.20. The highest BCUT2D eigenvalue weighted by Crippen LogP contribution is 2.27. The average molecular weight is 176 g/mol. The molecule has 0 aromatic carbocycles. The van der Waals surface area contributed by atoms with Crippen LogP contribution in [0.15, 0.2) is 23.8 Å². The summed E-state index contributed by atoms with van der Waals surface area (Å²) in [6.07, 6.45) is 4.80. The molecule has 0 aliphatic heterocycles. The molecule has 0 radical (unpaired) electrons. The molecule has 0 N–H and O–H groups in total. The third-order valence-corrected chi connectivity index (χ3v) is 1.93. The minimum absolute atomic E-state index is 0.0346. The van der Waals surface area contributed by atoms with Crippen LogP contribution in [-0.2, 0) is 4.79 Å². The second-order valence-electron chi connectivity index (χ2n) is 4.03. The quantitative estimate of drug-likeness (QED) is 0.315. The van der Waals surface area contributed by atoms with Gasteiger partial charge in [-0.3, -0.25) is 4.79 Å². The molecule has 0 spiro atoms. The van der Waals surface area contributed by atoms with E-state index in [-0.39, 0.29) is 16.9 Å². The molecule has 0 aromatic heterocycles. The van der Waals surface area contributed by atoms with Gasteiger partial charge in [0.1, 0.15) is 0 Å². The van der Waals surface area contributed by atoms with E-state index in [4.69, 9.17) is 5.53 Å². The summed E-state index contributed by atoms with van der Waals surface area (Å²) in [5.41, 5.74) is 9.59. The maximum Gasteiger partial charge on any atom is 0.362 e. The van der Waals surface area contributed by atoms with Crippen molar-refractivity contribution in [3.8, 4) is 0 Å². The van der Waals surface area contributed by atoms with Crippen molar-refractivity contribution in [2.24, 2.45) is 5.41 Å². The minimum atomic E-state index is -0.254. The third-order valence-electron chi connectivity index (χ3n) is 1.93. The molecule has 1 aliphatic rings. The molecule has 3 heteroatoms. The summed E-state index contributed by atoms with van der Waals surface area (Å²) in [6.45, 7) is 6.11. The summed E-state index contributed by atoms with van der Waals surface area (Å²) in [6, 6.07) is 0. The molecule has 3 nitrogen and oxygen atoms in total. The van der Waals surface area contributed by atoms with E-state index in [0.29, 0.717) is 0 Å². The van der Waals surface area contributed by atoms with Crippen molar-refractivity contribution in [2.45, 2.75) is 20.8 Å². The van der Waals surface area contributed by atoms with Crippen molar-refractivity contribution in [3.05, 3.63) is 29.3 Å². The summed E-state index contributed by atoms with van der Waals surface area (Å²) < 4.78 is 0. The molecule has 0 atom stereocenters. The molecular formula is C10H12N2O. The first-order valence-electron chi connectivity index (χ1n) is 4.12. The van der Waals surface area contributed by atoms with Crippen molar-refractivity contribution in [2.75, 3.05) is 0 Å². The Morgan fingerprint density at radius 1 is 1.31 bits per heavy atom. The van der Waals surface area contributed by atoms with E-state index >= 15 is 0 Å². The lowest BCUT2D eigenvalue weighted by molar-refractivity contribution is -0.112. The maximum absolute atomic E-state index is 11.1. The SMILES string of the molecule is CC(C)(C)C1=CC(=[N+]=[N-])C(=O)C=C1. The van der Waals surface area contributed by atoms with Crippen LogP contribution in [0.2, 0.25) is 0 Å². The Balaban J connectivity index is 3.13. The Kier molecular flexibility index (Phi) is 2.30. The van der Waals surface area contributed by atoms with Crippen LogP contribution < -0.4 is 0 Å². The smallest absolute Gasteiger partial charge is 0.361 e. The van der Waals surface area contributed by atoms with E-state index in [1.165, 1.54) is 6.08 Å². The molecule has 0 saturated heterocycles. The highest BCUT2D eigenvalue weighted by Gasteiger charge is 2.24.